The van der Waals surface area contributed by atoms with Gasteiger partial charge in [-0.25, -0.2) is 8.78 Å². The van der Waals surface area contributed by atoms with E-state index in [1.54, 1.807) is 6.26 Å². The zero-order valence-electron chi connectivity index (χ0n) is 18.2. The van der Waals surface area contributed by atoms with Crippen LogP contribution in [-0.4, -0.2) is 36.0 Å². The Kier molecular flexibility index (Phi) is 29.4. The third kappa shape index (κ3) is 15.9. The van der Waals surface area contributed by atoms with Crippen LogP contribution in [0.3, 0.4) is 0 Å². The molecule has 0 spiro atoms. The molecule has 0 saturated heterocycles. The van der Waals surface area contributed by atoms with Crippen LogP contribution in [0, 0.1) is 19.3 Å². The Labute approximate surface area is 220 Å². The molecular formula is C21H29F2KO4S-2. The van der Waals surface area contributed by atoms with E-state index >= 15 is 0 Å². The van der Waals surface area contributed by atoms with Crippen LogP contribution in [0.4, 0.5) is 8.78 Å². The van der Waals surface area contributed by atoms with Gasteiger partial charge in [-0.05, 0) is 24.4 Å². The Morgan fingerprint density at radius 2 is 1.90 bits per heavy atom. The molecule has 160 valence electrons. The normalized spacial score (nSPS) is 10.2. The van der Waals surface area contributed by atoms with Crippen LogP contribution in [0.5, 0.6) is 5.75 Å². The van der Waals surface area contributed by atoms with Crippen LogP contribution >= 0.6 is 11.8 Å². The van der Waals surface area contributed by atoms with E-state index in [2.05, 4.69) is 6.92 Å². The standard InChI is InChI=1S/C12H8F2O2.C5H9O2S.2C2H6.K/c1-8(13)10(5-6-15)11-4-3-9(16-2)7-12(11)14;1-3-4(8-2)5(6)7;2*1-2;/h1,3-5,7H,2H3;4H,1,3H2,2H3,(H,6,7);2*1-2H3;/q-2;-1;;;+1/b10-5+;;;;. The molecule has 1 aromatic carbocycles. The Morgan fingerprint density at radius 1 is 1.38 bits per heavy atom. The van der Waals surface area contributed by atoms with Gasteiger partial charge in [-0.1, -0.05) is 39.3 Å². The SMILES string of the molecule is CC.CC.[CH-]=C(F)/C(=C\[C-]=O)c1ccc(OC)cc1F.[CH2-]CC(SC)C(=O)O.[K+]. The number of carbonyl (C=O) groups excluding carboxylic acids is 1. The first-order chi connectivity index (χ1) is 13.3. The van der Waals surface area contributed by atoms with Crippen molar-refractivity contribution in [2.75, 3.05) is 13.4 Å². The molecule has 0 aromatic heterocycles. The van der Waals surface area contributed by atoms with Crippen molar-refractivity contribution < 1.29 is 79.6 Å². The van der Waals surface area contributed by atoms with Crippen LogP contribution < -0.4 is 56.1 Å². The minimum atomic E-state index is -1.15. The van der Waals surface area contributed by atoms with Crippen molar-refractivity contribution in [1.82, 2.24) is 0 Å². The van der Waals surface area contributed by atoms with E-state index in [9.17, 15) is 18.4 Å². The molecule has 0 amide bonds. The van der Waals surface area contributed by atoms with Crippen molar-refractivity contribution in [3.63, 3.8) is 0 Å². The topological polar surface area (TPSA) is 63.6 Å². The van der Waals surface area contributed by atoms with E-state index in [0.717, 1.165) is 12.1 Å². The van der Waals surface area contributed by atoms with E-state index in [1.807, 2.05) is 27.7 Å². The summed E-state index contributed by atoms with van der Waals surface area (Å²) in [7, 11) is 1.38. The van der Waals surface area contributed by atoms with Crippen LogP contribution in [0.15, 0.2) is 30.1 Å². The molecule has 0 heterocycles. The number of hydrogen-bond acceptors (Lipinski definition) is 4. The monoisotopic (exact) mass is 454 g/mol. The molecule has 1 unspecified atom stereocenters. The first-order valence-corrected chi connectivity index (χ1v) is 9.86. The Balaban J connectivity index is -0.000000205. The Bertz CT molecular complexity index is 619. The average Bonchev–Trinajstić information content (AvgIpc) is 2.70. The van der Waals surface area contributed by atoms with E-state index in [-0.39, 0.29) is 73.5 Å². The summed E-state index contributed by atoms with van der Waals surface area (Å²) in [6.45, 7) is 16.4. The van der Waals surface area contributed by atoms with Crippen LogP contribution in [0.1, 0.15) is 39.7 Å². The molecule has 29 heavy (non-hydrogen) atoms. The third-order valence-corrected chi connectivity index (χ3v) is 3.76. The van der Waals surface area contributed by atoms with E-state index in [1.165, 1.54) is 37.3 Å². The summed E-state index contributed by atoms with van der Waals surface area (Å²) in [6.07, 6.45) is 4.31. The maximum Gasteiger partial charge on any atom is 1.00 e. The molecule has 1 rings (SSSR count). The zero-order chi connectivity index (χ0) is 22.7. The zero-order valence-corrected chi connectivity index (χ0v) is 22.2. The molecule has 0 fully saturated rings. The molecule has 0 aliphatic rings. The summed E-state index contributed by atoms with van der Waals surface area (Å²) < 4.78 is 31.1. The van der Waals surface area contributed by atoms with Crippen molar-refractivity contribution in [3.8, 4) is 5.75 Å². The van der Waals surface area contributed by atoms with Gasteiger partial charge < -0.3 is 21.6 Å². The fourth-order valence-corrected chi connectivity index (χ4v) is 1.95. The van der Waals surface area contributed by atoms with Crippen LogP contribution in [0.25, 0.3) is 5.57 Å². The molecule has 0 radical (unpaired) electrons. The average molecular weight is 455 g/mol. The molecule has 1 N–H and O–H groups in total. The van der Waals surface area contributed by atoms with Crippen molar-refractivity contribution >= 4 is 29.6 Å². The maximum absolute atomic E-state index is 13.5. The second-order valence-electron chi connectivity index (χ2n) is 4.22. The number of aliphatic carboxylic acids is 1. The summed E-state index contributed by atoms with van der Waals surface area (Å²) in [5.74, 6) is -2.37. The van der Waals surface area contributed by atoms with Gasteiger partial charge in [-0.2, -0.15) is 24.3 Å². The quantitative estimate of drug-likeness (QED) is 0.297. The number of methoxy groups -OCH3 is 1. The van der Waals surface area contributed by atoms with Crippen molar-refractivity contribution in [1.29, 1.82) is 0 Å². The molecule has 0 aliphatic heterocycles. The third-order valence-electron chi connectivity index (χ3n) is 2.75. The first-order valence-electron chi connectivity index (χ1n) is 8.57. The predicted octanol–water partition coefficient (Wildman–Crippen LogP) is 2.70. The van der Waals surface area contributed by atoms with Gasteiger partial charge in [-0.3, -0.25) is 11.4 Å². The first kappa shape index (κ1) is 35.9. The van der Waals surface area contributed by atoms with Crippen molar-refractivity contribution in [3.05, 3.63) is 55.0 Å². The second kappa shape index (κ2) is 23.8. The number of rotatable bonds is 7. The Morgan fingerprint density at radius 3 is 2.14 bits per heavy atom. The van der Waals surface area contributed by atoms with Crippen molar-refractivity contribution in [2.45, 2.75) is 39.4 Å². The number of allylic oxidation sites excluding steroid dienone is 3. The van der Waals surface area contributed by atoms with Gasteiger partial charge in [0.25, 0.3) is 0 Å². The predicted molar refractivity (Wildman–Crippen MR) is 113 cm³/mol. The summed E-state index contributed by atoms with van der Waals surface area (Å²) in [4.78, 5) is 20.2. The minimum Gasteiger partial charge on any atom is -0.497 e. The fourth-order valence-electron chi connectivity index (χ4n) is 1.52. The summed E-state index contributed by atoms with van der Waals surface area (Å²) in [5.41, 5.74) is -0.459. The summed E-state index contributed by atoms with van der Waals surface area (Å²) in [6, 6.07) is 3.76. The molecule has 4 nitrogen and oxygen atoms in total. The van der Waals surface area contributed by atoms with E-state index in [4.69, 9.17) is 16.4 Å². The minimum absolute atomic E-state index is 0. The Hall–Kier alpha value is -0.514. The number of carbonyl (C=O) groups is 1. The molecule has 1 atom stereocenters. The summed E-state index contributed by atoms with van der Waals surface area (Å²) >= 11 is 1.32. The van der Waals surface area contributed by atoms with Crippen LogP contribution in [0.2, 0.25) is 0 Å². The second-order valence-corrected chi connectivity index (χ2v) is 5.26. The largest absolute Gasteiger partial charge is 1.00 e. The number of benzene rings is 1. The van der Waals surface area contributed by atoms with Gasteiger partial charge in [0.1, 0.15) is 11.6 Å². The molecule has 0 bridgehead atoms. The molecule has 0 saturated carbocycles. The van der Waals surface area contributed by atoms with Gasteiger partial charge in [0.15, 0.2) is 0 Å². The number of halogens is 2. The molecule has 0 aliphatic carbocycles. The van der Waals surface area contributed by atoms with Gasteiger partial charge in [0.2, 0.25) is 0 Å². The van der Waals surface area contributed by atoms with E-state index < -0.39 is 17.6 Å². The van der Waals surface area contributed by atoms with Gasteiger partial charge in [0, 0.05) is 6.07 Å². The molecule has 8 heteroatoms. The number of hydrogen-bond donors (Lipinski definition) is 1. The van der Waals surface area contributed by atoms with Crippen LogP contribution in [-0.2, 0) is 9.59 Å². The smallest absolute Gasteiger partial charge is 0.497 e. The van der Waals surface area contributed by atoms with Gasteiger partial charge in [0.05, 0.1) is 12.4 Å². The maximum atomic E-state index is 13.5. The number of carboxylic acid groups (broad SMARTS) is 1. The number of carboxylic acids is 1. The van der Waals surface area contributed by atoms with Gasteiger partial charge in [-0.15, -0.1) is 5.57 Å². The van der Waals surface area contributed by atoms with Gasteiger partial charge >= 0.3 is 57.4 Å². The summed E-state index contributed by atoms with van der Waals surface area (Å²) in [5, 5.41) is 7.99. The number of thioether (sulfide) groups is 1. The fraction of sp³-hybridized carbons (Fsp3) is 0.381. The van der Waals surface area contributed by atoms with Crippen molar-refractivity contribution in [2.24, 2.45) is 0 Å². The van der Waals surface area contributed by atoms with E-state index in [0.29, 0.717) is 6.42 Å². The molecular weight excluding hydrogens is 425 g/mol. The molecule has 1 aromatic rings. The number of ether oxygens (including phenoxy) is 1.